The summed E-state index contributed by atoms with van der Waals surface area (Å²) in [6.45, 7) is 6.94. The van der Waals surface area contributed by atoms with Crippen LogP contribution >= 0.6 is 0 Å². The van der Waals surface area contributed by atoms with Gasteiger partial charge in [-0.1, -0.05) is 0 Å². The lowest BCUT2D eigenvalue weighted by molar-refractivity contribution is 0.122. The zero-order valence-electron chi connectivity index (χ0n) is 12.0. The molecule has 2 fully saturated rings. The average molecular weight is 278 g/mol. The van der Waals surface area contributed by atoms with Gasteiger partial charge in [0.05, 0.1) is 19.3 Å². The molecule has 0 atom stereocenters. The Bertz CT molecular complexity index is 454. The number of aryl methyl sites for hydroxylation is 1. The van der Waals surface area contributed by atoms with E-state index < -0.39 is 0 Å². The first-order valence-corrected chi connectivity index (χ1v) is 7.34. The molecule has 0 radical (unpaired) electrons. The smallest absolute Gasteiger partial charge is 0.227 e. The van der Waals surface area contributed by atoms with Crippen molar-refractivity contribution in [1.29, 1.82) is 0 Å². The number of aliphatic hydroxyl groups is 1. The normalized spacial score (nSPS) is 21.3. The second-order valence-corrected chi connectivity index (χ2v) is 5.49. The number of piperidine rings is 1. The quantitative estimate of drug-likeness (QED) is 0.854. The molecule has 6 heteroatoms. The van der Waals surface area contributed by atoms with E-state index in [1.54, 1.807) is 0 Å². The predicted octanol–water partition coefficient (Wildman–Crippen LogP) is 0.583. The lowest BCUT2D eigenvalue weighted by atomic mass is 10.1. The number of anilines is 2. The van der Waals surface area contributed by atoms with Crippen molar-refractivity contribution in [3.05, 3.63) is 11.8 Å². The van der Waals surface area contributed by atoms with Crippen LogP contribution in [0.15, 0.2) is 6.07 Å². The predicted molar refractivity (Wildman–Crippen MR) is 77.3 cm³/mol. The fraction of sp³-hybridized carbons (Fsp3) is 0.714. The average Bonchev–Trinajstić information content (AvgIpc) is 2.48. The summed E-state index contributed by atoms with van der Waals surface area (Å²) in [5.74, 6) is 1.78. The summed E-state index contributed by atoms with van der Waals surface area (Å²) in [6, 6.07) is 2.04. The third-order valence-electron chi connectivity index (χ3n) is 3.91. The van der Waals surface area contributed by atoms with Crippen molar-refractivity contribution in [2.75, 3.05) is 49.2 Å². The van der Waals surface area contributed by atoms with Crippen LogP contribution in [0, 0.1) is 6.92 Å². The molecule has 0 aromatic carbocycles. The number of rotatable bonds is 2. The molecule has 1 N–H and O–H groups in total. The molecule has 0 spiro atoms. The van der Waals surface area contributed by atoms with E-state index in [0.717, 1.165) is 69.7 Å². The molecular weight excluding hydrogens is 256 g/mol. The monoisotopic (exact) mass is 278 g/mol. The van der Waals surface area contributed by atoms with Crippen LogP contribution in [0.25, 0.3) is 0 Å². The van der Waals surface area contributed by atoms with Crippen molar-refractivity contribution in [3.8, 4) is 0 Å². The van der Waals surface area contributed by atoms with E-state index in [-0.39, 0.29) is 6.10 Å². The van der Waals surface area contributed by atoms with Gasteiger partial charge in [-0.3, -0.25) is 0 Å². The van der Waals surface area contributed by atoms with Crippen molar-refractivity contribution in [2.24, 2.45) is 0 Å². The standard InChI is InChI=1S/C14H22N4O2/c1-11-10-13(17-6-8-20-9-7-17)16-14(15-11)18-4-2-12(19)3-5-18/h10,12,19H,2-9H2,1H3. The SMILES string of the molecule is Cc1cc(N2CCOCC2)nc(N2CCC(O)CC2)n1. The fourth-order valence-electron chi connectivity index (χ4n) is 2.70. The van der Waals surface area contributed by atoms with E-state index in [4.69, 9.17) is 9.72 Å². The zero-order valence-corrected chi connectivity index (χ0v) is 12.0. The van der Waals surface area contributed by atoms with E-state index in [9.17, 15) is 5.11 Å². The van der Waals surface area contributed by atoms with Crippen LogP contribution in [0.3, 0.4) is 0 Å². The third-order valence-corrected chi connectivity index (χ3v) is 3.91. The van der Waals surface area contributed by atoms with E-state index >= 15 is 0 Å². The van der Waals surface area contributed by atoms with E-state index in [1.807, 2.05) is 13.0 Å². The third kappa shape index (κ3) is 3.02. The molecular formula is C14H22N4O2. The summed E-state index contributed by atoms with van der Waals surface area (Å²) < 4.78 is 5.39. The molecule has 0 aliphatic carbocycles. The molecule has 3 heterocycles. The number of aliphatic hydroxyl groups excluding tert-OH is 1. The summed E-state index contributed by atoms with van der Waals surface area (Å²) in [6.07, 6.45) is 1.42. The summed E-state index contributed by atoms with van der Waals surface area (Å²) in [4.78, 5) is 13.7. The highest BCUT2D eigenvalue weighted by Crippen LogP contribution is 2.21. The van der Waals surface area contributed by atoms with Gasteiger partial charge in [0.1, 0.15) is 5.82 Å². The minimum absolute atomic E-state index is 0.172. The molecule has 0 amide bonds. The van der Waals surface area contributed by atoms with Gasteiger partial charge in [0.25, 0.3) is 0 Å². The van der Waals surface area contributed by atoms with E-state index in [0.29, 0.717) is 0 Å². The van der Waals surface area contributed by atoms with Crippen LogP contribution in [-0.4, -0.2) is 60.6 Å². The highest BCUT2D eigenvalue weighted by atomic mass is 16.5. The first-order chi connectivity index (χ1) is 9.72. The largest absolute Gasteiger partial charge is 0.393 e. The van der Waals surface area contributed by atoms with E-state index in [1.165, 1.54) is 0 Å². The summed E-state index contributed by atoms with van der Waals surface area (Å²) in [5, 5.41) is 9.60. The second-order valence-electron chi connectivity index (χ2n) is 5.49. The Labute approximate surface area is 119 Å². The van der Waals surface area contributed by atoms with Gasteiger partial charge < -0.3 is 19.6 Å². The number of aromatic nitrogens is 2. The maximum absolute atomic E-state index is 9.60. The highest BCUT2D eigenvalue weighted by Gasteiger charge is 2.21. The minimum Gasteiger partial charge on any atom is -0.393 e. The van der Waals surface area contributed by atoms with Crippen molar-refractivity contribution in [1.82, 2.24) is 9.97 Å². The van der Waals surface area contributed by atoms with Gasteiger partial charge in [0.2, 0.25) is 5.95 Å². The Morgan fingerprint density at radius 2 is 1.80 bits per heavy atom. The van der Waals surface area contributed by atoms with Crippen LogP contribution in [-0.2, 0) is 4.74 Å². The number of ether oxygens (including phenoxy) is 1. The molecule has 0 unspecified atom stereocenters. The Morgan fingerprint density at radius 3 is 2.50 bits per heavy atom. The number of hydrogen-bond donors (Lipinski definition) is 1. The lowest BCUT2D eigenvalue weighted by Crippen LogP contribution is -2.39. The molecule has 3 rings (SSSR count). The molecule has 0 saturated carbocycles. The Kier molecular flexibility index (Phi) is 4.03. The van der Waals surface area contributed by atoms with Crippen LogP contribution < -0.4 is 9.80 Å². The van der Waals surface area contributed by atoms with Gasteiger partial charge in [0, 0.05) is 37.9 Å². The van der Waals surface area contributed by atoms with Gasteiger partial charge in [-0.25, -0.2) is 4.98 Å². The summed E-state index contributed by atoms with van der Waals surface area (Å²) in [7, 11) is 0. The molecule has 1 aromatic rings. The van der Waals surface area contributed by atoms with Gasteiger partial charge in [-0.05, 0) is 19.8 Å². The van der Waals surface area contributed by atoms with Gasteiger partial charge in [0.15, 0.2) is 0 Å². The van der Waals surface area contributed by atoms with Crippen molar-refractivity contribution in [2.45, 2.75) is 25.9 Å². The molecule has 2 aliphatic heterocycles. The van der Waals surface area contributed by atoms with Gasteiger partial charge in [-0.2, -0.15) is 4.98 Å². The molecule has 2 aliphatic rings. The lowest BCUT2D eigenvalue weighted by Gasteiger charge is -2.32. The summed E-state index contributed by atoms with van der Waals surface area (Å²) in [5.41, 5.74) is 0.989. The topological polar surface area (TPSA) is 61.7 Å². The van der Waals surface area contributed by atoms with Gasteiger partial charge >= 0.3 is 0 Å². The number of hydrogen-bond acceptors (Lipinski definition) is 6. The van der Waals surface area contributed by atoms with Crippen molar-refractivity contribution >= 4 is 11.8 Å². The van der Waals surface area contributed by atoms with Crippen molar-refractivity contribution < 1.29 is 9.84 Å². The van der Waals surface area contributed by atoms with Crippen molar-refractivity contribution in [3.63, 3.8) is 0 Å². The van der Waals surface area contributed by atoms with Crippen LogP contribution in [0.4, 0.5) is 11.8 Å². The van der Waals surface area contributed by atoms with Crippen LogP contribution in [0.1, 0.15) is 18.5 Å². The molecule has 20 heavy (non-hydrogen) atoms. The Morgan fingerprint density at radius 1 is 1.10 bits per heavy atom. The Balaban J connectivity index is 1.79. The first-order valence-electron chi connectivity index (χ1n) is 7.34. The first kappa shape index (κ1) is 13.6. The maximum Gasteiger partial charge on any atom is 0.227 e. The Hall–Kier alpha value is -1.40. The highest BCUT2D eigenvalue weighted by molar-refractivity contribution is 5.46. The fourth-order valence-corrected chi connectivity index (χ4v) is 2.70. The molecule has 2 saturated heterocycles. The maximum atomic E-state index is 9.60. The van der Waals surface area contributed by atoms with Crippen LogP contribution in [0.5, 0.6) is 0 Å². The number of morpholine rings is 1. The van der Waals surface area contributed by atoms with Crippen LogP contribution in [0.2, 0.25) is 0 Å². The molecule has 110 valence electrons. The minimum atomic E-state index is -0.172. The second kappa shape index (κ2) is 5.93. The molecule has 0 bridgehead atoms. The van der Waals surface area contributed by atoms with E-state index in [2.05, 4.69) is 14.8 Å². The van der Waals surface area contributed by atoms with Gasteiger partial charge in [-0.15, -0.1) is 0 Å². The molecule has 1 aromatic heterocycles. The summed E-state index contributed by atoms with van der Waals surface area (Å²) >= 11 is 0. The number of nitrogens with zero attached hydrogens (tertiary/aromatic N) is 4. The zero-order chi connectivity index (χ0) is 13.9. The molecule has 6 nitrogen and oxygen atoms in total.